The molecule has 10 nitrogen and oxygen atoms in total. The number of aliphatic hydroxyl groups excluding tert-OH is 1. The second-order valence-electron chi connectivity index (χ2n) is 7.77. The molecule has 0 saturated carbocycles. The summed E-state index contributed by atoms with van der Waals surface area (Å²) in [4.78, 5) is 23.2. The number of fused-ring (bicyclic) bond motifs is 1. The highest BCUT2D eigenvalue weighted by molar-refractivity contribution is 5.96. The smallest absolute Gasteiger partial charge is 0.231 e. The van der Waals surface area contributed by atoms with Crippen LogP contribution in [0.15, 0.2) is 48.5 Å². The number of hydrogen-bond donors (Lipinski definition) is 2. The molecule has 168 valence electrons. The summed E-state index contributed by atoms with van der Waals surface area (Å²) in [5.41, 5.74) is 5.15. The van der Waals surface area contributed by atoms with Gasteiger partial charge in [0.05, 0.1) is 19.1 Å². The Morgan fingerprint density at radius 1 is 1.06 bits per heavy atom. The molecule has 4 N–H and O–H groups in total. The number of tetrazole rings is 1. The third kappa shape index (κ3) is 4.09. The molecule has 0 fully saturated rings. The van der Waals surface area contributed by atoms with Gasteiger partial charge >= 0.3 is 0 Å². The number of H-pyrrole nitrogens is 1. The highest BCUT2D eigenvalue weighted by atomic mass is 16.3. The number of anilines is 1. The average Bonchev–Trinajstić information content (AvgIpc) is 3.31. The molecule has 0 spiro atoms. The molecule has 1 amide bonds. The Hall–Kier alpha value is -4.02. The Labute approximate surface area is 189 Å². The molecule has 1 aliphatic heterocycles. The lowest BCUT2D eigenvalue weighted by Crippen LogP contribution is -2.37. The van der Waals surface area contributed by atoms with Gasteiger partial charge in [-0.05, 0) is 35.8 Å². The Kier molecular flexibility index (Phi) is 5.95. The normalized spacial score (nSPS) is 15.2. The van der Waals surface area contributed by atoms with Crippen molar-refractivity contribution in [2.75, 3.05) is 4.90 Å². The zero-order valence-corrected chi connectivity index (χ0v) is 18.1. The molecule has 0 aliphatic carbocycles. The first-order chi connectivity index (χ1) is 15.5. The first-order valence-corrected chi connectivity index (χ1v) is 10.3. The molecule has 5 rings (SSSR count). The van der Waals surface area contributed by atoms with E-state index in [1.165, 1.54) is 0 Å². The fraction of sp³-hybridized carbons (Fsp3) is 0.217. The number of benzene rings is 2. The molecular weight excluding hydrogens is 422 g/mol. The van der Waals surface area contributed by atoms with E-state index in [4.69, 9.17) is 0 Å². The topological polar surface area (TPSA) is 152 Å². The molecular formula is C23H23N7O3. The van der Waals surface area contributed by atoms with E-state index in [9.17, 15) is 9.90 Å². The van der Waals surface area contributed by atoms with E-state index in [0.29, 0.717) is 35.3 Å². The molecule has 2 aromatic heterocycles. The molecule has 1 unspecified atom stereocenters. The van der Waals surface area contributed by atoms with Gasteiger partial charge < -0.3 is 10.6 Å². The summed E-state index contributed by atoms with van der Waals surface area (Å²) < 4.78 is 0. The van der Waals surface area contributed by atoms with Gasteiger partial charge in [0.25, 0.3) is 0 Å². The second-order valence-corrected chi connectivity index (χ2v) is 7.77. The van der Waals surface area contributed by atoms with Crippen LogP contribution in [-0.4, -0.2) is 47.1 Å². The summed E-state index contributed by atoms with van der Waals surface area (Å²) in [6, 6.07) is 15.9. The van der Waals surface area contributed by atoms with Crippen LogP contribution in [0.25, 0.3) is 22.5 Å². The van der Waals surface area contributed by atoms with Crippen LogP contribution >= 0.6 is 0 Å². The van der Waals surface area contributed by atoms with E-state index in [1.807, 2.05) is 55.5 Å². The summed E-state index contributed by atoms with van der Waals surface area (Å²) in [5, 5.41) is 24.7. The predicted molar refractivity (Wildman–Crippen MR) is 121 cm³/mol. The van der Waals surface area contributed by atoms with Crippen molar-refractivity contribution in [1.29, 1.82) is 0 Å². The van der Waals surface area contributed by atoms with Gasteiger partial charge in [-0.15, -0.1) is 10.2 Å². The van der Waals surface area contributed by atoms with Crippen molar-refractivity contribution in [3.63, 3.8) is 0 Å². The lowest BCUT2D eigenvalue weighted by Gasteiger charge is -2.32. The van der Waals surface area contributed by atoms with E-state index in [-0.39, 0.29) is 17.8 Å². The summed E-state index contributed by atoms with van der Waals surface area (Å²) >= 11 is 0. The number of aromatic nitrogens is 6. The van der Waals surface area contributed by atoms with E-state index in [2.05, 4.69) is 30.6 Å². The first-order valence-electron chi connectivity index (χ1n) is 10.3. The van der Waals surface area contributed by atoms with Crippen molar-refractivity contribution in [2.24, 2.45) is 0 Å². The lowest BCUT2D eigenvalue weighted by atomic mass is 9.97. The Bertz CT molecular complexity index is 1290. The highest BCUT2D eigenvalue weighted by Gasteiger charge is 2.33. The molecule has 0 saturated heterocycles. The van der Waals surface area contributed by atoms with Crippen LogP contribution in [0.3, 0.4) is 0 Å². The van der Waals surface area contributed by atoms with Crippen LogP contribution in [0, 0.1) is 13.8 Å². The fourth-order valence-corrected chi connectivity index (χ4v) is 4.14. The maximum Gasteiger partial charge on any atom is 0.231 e. The zero-order chi connectivity index (χ0) is 22.2. The molecule has 0 radical (unpaired) electrons. The first kappa shape index (κ1) is 22.2. The number of carbonyl (C=O) groups is 1. The number of amides is 1. The minimum Gasteiger partial charge on any atom is -0.412 e. The van der Waals surface area contributed by atoms with Gasteiger partial charge in [0, 0.05) is 16.8 Å². The molecule has 4 aromatic rings. The van der Waals surface area contributed by atoms with Crippen LogP contribution < -0.4 is 4.90 Å². The van der Waals surface area contributed by atoms with Crippen molar-refractivity contribution >= 4 is 11.7 Å². The molecule has 10 heteroatoms. The molecule has 0 bridgehead atoms. The van der Waals surface area contributed by atoms with Crippen LogP contribution in [0.5, 0.6) is 0 Å². The fourth-order valence-electron chi connectivity index (χ4n) is 4.14. The van der Waals surface area contributed by atoms with Crippen molar-refractivity contribution in [1.82, 2.24) is 30.6 Å². The van der Waals surface area contributed by atoms with Gasteiger partial charge in [-0.3, -0.25) is 9.69 Å². The number of aliphatic hydroxyl groups is 1. The van der Waals surface area contributed by atoms with Crippen molar-refractivity contribution < 1.29 is 15.4 Å². The number of nitrogens with zero attached hydrogens (tertiary/aromatic N) is 6. The minimum atomic E-state index is -0.877. The number of aromatic amines is 1. The van der Waals surface area contributed by atoms with E-state index in [0.717, 1.165) is 22.3 Å². The molecule has 1 aliphatic rings. The third-order valence-corrected chi connectivity index (χ3v) is 5.60. The quantitative estimate of drug-likeness (QED) is 0.488. The van der Waals surface area contributed by atoms with Crippen LogP contribution in [0.4, 0.5) is 5.82 Å². The van der Waals surface area contributed by atoms with E-state index >= 15 is 0 Å². The molecule has 33 heavy (non-hydrogen) atoms. The Morgan fingerprint density at radius 2 is 1.79 bits per heavy atom. The maximum absolute atomic E-state index is 12.7. The molecule has 2 aromatic carbocycles. The minimum absolute atomic E-state index is 0. The number of aryl methyl sites for hydroxylation is 2. The van der Waals surface area contributed by atoms with Gasteiger partial charge in [-0.1, -0.05) is 48.5 Å². The third-order valence-electron chi connectivity index (χ3n) is 5.60. The van der Waals surface area contributed by atoms with Gasteiger partial charge in [0.2, 0.25) is 11.7 Å². The van der Waals surface area contributed by atoms with Crippen molar-refractivity contribution in [3.8, 4) is 22.5 Å². The number of hydrogen-bond acceptors (Lipinski definition) is 7. The second kappa shape index (κ2) is 8.85. The van der Waals surface area contributed by atoms with Gasteiger partial charge in [0.1, 0.15) is 11.6 Å². The zero-order valence-electron chi connectivity index (χ0n) is 18.1. The van der Waals surface area contributed by atoms with Gasteiger partial charge in [-0.2, -0.15) is 5.21 Å². The monoisotopic (exact) mass is 445 g/mol. The van der Waals surface area contributed by atoms with E-state index < -0.39 is 6.10 Å². The number of rotatable bonds is 4. The number of nitrogens with one attached hydrogen (secondary N) is 1. The van der Waals surface area contributed by atoms with Gasteiger partial charge in [0.15, 0.2) is 0 Å². The van der Waals surface area contributed by atoms with Crippen molar-refractivity contribution in [2.45, 2.75) is 32.9 Å². The standard InChI is InChI=1S/C23H21N7O2.H2O/c1-13-21-19(31)11-20(32)30(23(21)25-14(2)24-13)12-15-7-9-16(10-8-15)17-5-3-4-6-18(17)22-26-28-29-27-22;/h3-10,19,31H,11-12H2,1-2H3,(H,26,27,28,29);1H2. The summed E-state index contributed by atoms with van der Waals surface area (Å²) in [6.07, 6.45) is -0.852. The van der Waals surface area contributed by atoms with E-state index in [1.54, 1.807) is 11.8 Å². The highest BCUT2D eigenvalue weighted by Crippen LogP contribution is 2.36. The van der Waals surface area contributed by atoms with Crippen molar-refractivity contribution in [3.05, 3.63) is 71.2 Å². The summed E-state index contributed by atoms with van der Waals surface area (Å²) in [7, 11) is 0. The van der Waals surface area contributed by atoms with Crippen LogP contribution in [0.2, 0.25) is 0 Å². The Balaban J connectivity index is 0.00000259. The average molecular weight is 445 g/mol. The lowest BCUT2D eigenvalue weighted by molar-refractivity contribution is -0.121. The molecule has 1 atom stereocenters. The van der Waals surface area contributed by atoms with Crippen LogP contribution in [0.1, 0.15) is 35.2 Å². The molecule has 3 heterocycles. The predicted octanol–water partition coefficient (Wildman–Crippen LogP) is 2.09. The van der Waals surface area contributed by atoms with Gasteiger partial charge in [-0.25, -0.2) is 9.97 Å². The maximum atomic E-state index is 12.7. The summed E-state index contributed by atoms with van der Waals surface area (Å²) in [6.45, 7) is 3.98. The Morgan fingerprint density at radius 3 is 2.48 bits per heavy atom. The largest absolute Gasteiger partial charge is 0.412 e. The number of carbonyl (C=O) groups excluding carboxylic acids is 1. The SMILES string of the molecule is Cc1nc(C)c2c(n1)N(Cc1ccc(-c3ccccc3-c3nn[nH]n3)cc1)C(=O)CC2O.O. The van der Waals surface area contributed by atoms with Crippen LogP contribution in [-0.2, 0) is 11.3 Å². The summed E-state index contributed by atoms with van der Waals surface area (Å²) in [5.74, 6) is 1.44.